The Kier molecular flexibility index (Phi) is 5.37. The molecule has 0 aromatic rings. The Labute approximate surface area is 75.2 Å². The Hall–Kier alpha value is -0.0800. The van der Waals surface area contributed by atoms with Crippen LogP contribution in [-0.2, 0) is 9.47 Å². The van der Waals surface area contributed by atoms with Crippen LogP contribution in [0.15, 0.2) is 0 Å². The van der Waals surface area contributed by atoms with Gasteiger partial charge in [0.2, 0.25) is 0 Å². The van der Waals surface area contributed by atoms with Crippen LogP contribution in [0.1, 0.15) is 32.6 Å². The lowest BCUT2D eigenvalue weighted by atomic mass is 10.1. The molecule has 0 aromatic heterocycles. The van der Waals surface area contributed by atoms with Crippen molar-refractivity contribution in [2.75, 3.05) is 26.4 Å². The minimum Gasteiger partial charge on any atom is -0.379 e. The van der Waals surface area contributed by atoms with Crippen molar-refractivity contribution >= 4 is 0 Å². The first kappa shape index (κ1) is 10.0. The summed E-state index contributed by atoms with van der Waals surface area (Å²) in [6.45, 7) is 5.28. The largest absolute Gasteiger partial charge is 0.379 e. The van der Waals surface area contributed by atoms with Gasteiger partial charge in [-0.15, -0.1) is 0 Å². The van der Waals surface area contributed by atoms with Crippen LogP contribution in [0.25, 0.3) is 0 Å². The summed E-state index contributed by atoms with van der Waals surface area (Å²) in [5, 5.41) is 0. The van der Waals surface area contributed by atoms with Crippen LogP contribution < -0.4 is 0 Å². The van der Waals surface area contributed by atoms with E-state index in [2.05, 4.69) is 0 Å². The molecular formula is C10H20O2. The second kappa shape index (κ2) is 6.44. The molecule has 0 unspecified atom stereocenters. The molecule has 0 amide bonds. The molecule has 0 atom stereocenters. The van der Waals surface area contributed by atoms with Crippen LogP contribution >= 0.6 is 0 Å². The zero-order valence-electron chi connectivity index (χ0n) is 8.05. The predicted molar refractivity (Wildman–Crippen MR) is 49.3 cm³/mol. The fraction of sp³-hybridized carbons (Fsp3) is 1.00. The molecule has 0 aliphatic heterocycles. The van der Waals surface area contributed by atoms with E-state index in [0.29, 0.717) is 0 Å². The fourth-order valence-corrected chi connectivity index (χ4v) is 1.69. The van der Waals surface area contributed by atoms with E-state index in [4.69, 9.17) is 9.47 Å². The van der Waals surface area contributed by atoms with Crippen LogP contribution in [0.4, 0.5) is 0 Å². The fourth-order valence-electron chi connectivity index (χ4n) is 1.69. The SMILES string of the molecule is CCOCCOCC1CCCC1. The predicted octanol–water partition coefficient (Wildman–Crippen LogP) is 2.23. The Balaban J connectivity index is 1.81. The molecule has 2 heteroatoms. The number of rotatable bonds is 6. The van der Waals surface area contributed by atoms with Gasteiger partial charge in [0.05, 0.1) is 13.2 Å². The molecule has 0 saturated heterocycles. The Bertz CT molecular complexity index is 98.0. The topological polar surface area (TPSA) is 18.5 Å². The summed E-state index contributed by atoms with van der Waals surface area (Å²) in [5.41, 5.74) is 0. The number of hydrogen-bond acceptors (Lipinski definition) is 2. The number of hydrogen-bond donors (Lipinski definition) is 0. The lowest BCUT2D eigenvalue weighted by molar-refractivity contribution is 0.0383. The first-order chi connectivity index (χ1) is 5.93. The van der Waals surface area contributed by atoms with Gasteiger partial charge in [-0.25, -0.2) is 0 Å². The Morgan fingerprint density at radius 3 is 2.42 bits per heavy atom. The first-order valence-corrected chi connectivity index (χ1v) is 5.09. The maximum absolute atomic E-state index is 5.49. The molecule has 0 bridgehead atoms. The van der Waals surface area contributed by atoms with Gasteiger partial charge in [0.1, 0.15) is 0 Å². The normalized spacial score (nSPS) is 18.8. The maximum Gasteiger partial charge on any atom is 0.0700 e. The molecule has 0 heterocycles. The second-order valence-electron chi connectivity index (χ2n) is 3.42. The van der Waals surface area contributed by atoms with E-state index >= 15 is 0 Å². The molecule has 1 aliphatic rings. The van der Waals surface area contributed by atoms with Gasteiger partial charge in [0, 0.05) is 13.2 Å². The Morgan fingerprint density at radius 1 is 1.08 bits per heavy atom. The minimum absolute atomic E-state index is 0.753. The van der Waals surface area contributed by atoms with Gasteiger partial charge in [-0.2, -0.15) is 0 Å². The quantitative estimate of drug-likeness (QED) is 0.572. The van der Waals surface area contributed by atoms with E-state index < -0.39 is 0 Å². The monoisotopic (exact) mass is 172 g/mol. The van der Waals surface area contributed by atoms with Crippen LogP contribution in [0.2, 0.25) is 0 Å². The van der Waals surface area contributed by atoms with E-state index in [9.17, 15) is 0 Å². The van der Waals surface area contributed by atoms with Gasteiger partial charge in [-0.1, -0.05) is 12.8 Å². The average molecular weight is 172 g/mol. The van der Waals surface area contributed by atoms with Crippen molar-refractivity contribution in [2.24, 2.45) is 5.92 Å². The summed E-state index contributed by atoms with van der Waals surface area (Å²) in [7, 11) is 0. The van der Waals surface area contributed by atoms with Gasteiger partial charge in [-0.05, 0) is 25.7 Å². The molecule has 0 aromatic carbocycles. The van der Waals surface area contributed by atoms with Crippen molar-refractivity contribution in [2.45, 2.75) is 32.6 Å². The Morgan fingerprint density at radius 2 is 1.75 bits per heavy atom. The zero-order valence-corrected chi connectivity index (χ0v) is 8.05. The number of ether oxygens (including phenoxy) is 2. The van der Waals surface area contributed by atoms with Gasteiger partial charge >= 0.3 is 0 Å². The van der Waals surface area contributed by atoms with Crippen molar-refractivity contribution in [3.63, 3.8) is 0 Å². The maximum atomic E-state index is 5.49. The zero-order chi connectivity index (χ0) is 8.65. The van der Waals surface area contributed by atoms with Gasteiger partial charge in [0.25, 0.3) is 0 Å². The first-order valence-electron chi connectivity index (χ1n) is 5.09. The summed E-state index contributed by atoms with van der Waals surface area (Å²) in [6.07, 6.45) is 5.54. The molecule has 0 N–H and O–H groups in total. The van der Waals surface area contributed by atoms with E-state index in [1.807, 2.05) is 6.92 Å². The molecule has 1 saturated carbocycles. The standard InChI is InChI=1S/C10H20O2/c1-2-11-7-8-12-9-10-5-3-4-6-10/h10H,2-9H2,1H3. The average Bonchev–Trinajstić information content (AvgIpc) is 2.57. The molecule has 2 nitrogen and oxygen atoms in total. The molecule has 0 radical (unpaired) electrons. The highest BCUT2D eigenvalue weighted by Gasteiger charge is 2.14. The molecule has 1 fully saturated rings. The van der Waals surface area contributed by atoms with Crippen LogP contribution in [0, 0.1) is 5.92 Å². The van der Waals surface area contributed by atoms with E-state index in [0.717, 1.165) is 32.3 Å². The highest BCUT2D eigenvalue weighted by atomic mass is 16.5. The van der Waals surface area contributed by atoms with Crippen molar-refractivity contribution in [3.8, 4) is 0 Å². The van der Waals surface area contributed by atoms with E-state index in [1.165, 1.54) is 25.7 Å². The summed E-state index contributed by atoms with van der Waals surface area (Å²) >= 11 is 0. The summed E-state index contributed by atoms with van der Waals surface area (Å²) < 4.78 is 10.7. The van der Waals surface area contributed by atoms with E-state index in [1.54, 1.807) is 0 Å². The molecule has 0 spiro atoms. The molecule has 1 aliphatic carbocycles. The highest BCUT2D eigenvalue weighted by molar-refractivity contribution is 4.66. The molecule has 1 rings (SSSR count). The van der Waals surface area contributed by atoms with Gasteiger partial charge < -0.3 is 9.47 Å². The van der Waals surface area contributed by atoms with Crippen molar-refractivity contribution in [1.82, 2.24) is 0 Å². The molecule has 72 valence electrons. The second-order valence-corrected chi connectivity index (χ2v) is 3.42. The lowest BCUT2D eigenvalue weighted by Gasteiger charge is -2.09. The molecule has 12 heavy (non-hydrogen) atoms. The summed E-state index contributed by atoms with van der Waals surface area (Å²) in [5.74, 6) is 0.839. The van der Waals surface area contributed by atoms with E-state index in [-0.39, 0.29) is 0 Å². The third-order valence-electron chi connectivity index (χ3n) is 2.40. The van der Waals surface area contributed by atoms with Gasteiger partial charge in [0.15, 0.2) is 0 Å². The van der Waals surface area contributed by atoms with Crippen LogP contribution in [0.5, 0.6) is 0 Å². The molecular weight excluding hydrogens is 152 g/mol. The third kappa shape index (κ3) is 4.07. The summed E-state index contributed by atoms with van der Waals surface area (Å²) in [4.78, 5) is 0. The van der Waals surface area contributed by atoms with Crippen molar-refractivity contribution < 1.29 is 9.47 Å². The van der Waals surface area contributed by atoms with Crippen LogP contribution in [-0.4, -0.2) is 26.4 Å². The van der Waals surface area contributed by atoms with Crippen LogP contribution in [0.3, 0.4) is 0 Å². The minimum atomic E-state index is 0.753. The third-order valence-corrected chi connectivity index (χ3v) is 2.40. The van der Waals surface area contributed by atoms with Crippen molar-refractivity contribution in [3.05, 3.63) is 0 Å². The lowest BCUT2D eigenvalue weighted by Crippen LogP contribution is -2.10. The van der Waals surface area contributed by atoms with Crippen molar-refractivity contribution in [1.29, 1.82) is 0 Å². The highest BCUT2D eigenvalue weighted by Crippen LogP contribution is 2.24. The van der Waals surface area contributed by atoms with Gasteiger partial charge in [-0.3, -0.25) is 0 Å². The summed E-state index contributed by atoms with van der Waals surface area (Å²) in [6, 6.07) is 0. The smallest absolute Gasteiger partial charge is 0.0700 e.